The van der Waals surface area contributed by atoms with Crippen molar-refractivity contribution < 1.29 is 4.79 Å². The van der Waals surface area contributed by atoms with Crippen molar-refractivity contribution in [3.05, 3.63) is 94.9 Å². The smallest absolute Gasteiger partial charge is 0.195 e. The minimum atomic E-state index is -0.188. The standard InChI is InChI=1S/C21H13NO2/c23-21(18-11-5-8-14-6-1-3-9-16(14)18)19-13-12-15-7-2-4-10-17(15)20(19)22-24/h1-13H. The summed E-state index contributed by atoms with van der Waals surface area (Å²) < 4.78 is 0. The van der Waals surface area contributed by atoms with Gasteiger partial charge in [-0.3, -0.25) is 4.79 Å². The molecular weight excluding hydrogens is 298 g/mol. The lowest BCUT2D eigenvalue weighted by molar-refractivity contribution is 0.104. The molecule has 0 aliphatic carbocycles. The first kappa shape index (κ1) is 14.3. The average Bonchev–Trinajstić information content (AvgIpc) is 2.66. The minimum Gasteiger partial charge on any atom is -0.289 e. The fourth-order valence-electron chi connectivity index (χ4n) is 3.11. The summed E-state index contributed by atoms with van der Waals surface area (Å²) in [6.07, 6.45) is 0. The normalized spacial score (nSPS) is 10.8. The molecule has 0 N–H and O–H groups in total. The van der Waals surface area contributed by atoms with Gasteiger partial charge in [-0.1, -0.05) is 72.8 Å². The third-order valence-electron chi connectivity index (χ3n) is 4.27. The third kappa shape index (κ3) is 2.18. The van der Waals surface area contributed by atoms with Crippen LogP contribution in [-0.2, 0) is 0 Å². The molecule has 3 heteroatoms. The number of nitrogens with zero attached hydrogens (tertiary/aromatic N) is 1. The number of ketones is 1. The van der Waals surface area contributed by atoms with Crippen molar-refractivity contribution in [3.63, 3.8) is 0 Å². The van der Waals surface area contributed by atoms with Gasteiger partial charge in [-0.05, 0) is 27.4 Å². The summed E-state index contributed by atoms with van der Waals surface area (Å²) in [6.45, 7) is 0. The molecule has 0 spiro atoms. The molecule has 0 aliphatic heterocycles. The van der Waals surface area contributed by atoms with Crippen molar-refractivity contribution in [2.75, 3.05) is 0 Å². The number of fused-ring (bicyclic) bond motifs is 2. The van der Waals surface area contributed by atoms with Crippen LogP contribution in [0, 0.1) is 4.91 Å². The van der Waals surface area contributed by atoms with Crippen molar-refractivity contribution >= 4 is 33.0 Å². The Bertz CT molecular complexity index is 1090. The Balaban J connectivity index is 1.97. The number of carbonyl (C=O) groups excluding carboxylic acids is 1. The summed E-state index contributed by atoms with van der Waals surface area (Å²) in [5.41, 5.74) is 1.11. The van der Waals surface area contributed by atoms with Gasteiger partial charge in [0.05, 0.1) is 5.56 Å². The van der Waals surface area contributed by atoms with Crippen molar-refractivity contribution in [1.82, 2.24) is 0 Å². The number of rotatable bonds is 3. The molecule has 0 unspecified atom stereocenters. The van der Waals surface area contributed by atoms with E-state index in [9.17, 15) is 9.70 Å². The summed E-state index contributed by atoms with van der Waals surface area (Å²) in [5, 5.41) is 6.60. The first-order chi connectivity index (χ1) is 11.8. The predicted molar refractivity (Wildman–Crippen MR) is 96.8 cm³/mol. The Kier molecular flexibility index (Phi) is 3.39. The summed E-state index contributed by atoms with van der Waals surface area (Å²) in [4.78, 5) is 24.5. The molecule has 24 heavy (non-hydrogen) atoms. The Labute approximate surface area is 138 Å². The summed E-state index contributed by atoms with van der Waals surface area (Å²) in [5.74, 6) is -0.188. The molecule has 0 aromatic heterocycles. The van der Waals surface area contributed by atoms with Gasteiger partial charge in [0, 0.05) is 10.9 Å². The molecule has 0 amide bonds. The van der Waals surface area contributed by atoms with Gasteiger partial charge in [-0.15, -0.1) is 4.91 Å². The summed E-state index contributed by atoms with van der Waals surface area (Å²) in [6, 6.07) is 24.3. The van der Waals surface area contributed by atoms with E-state index in [1.165, 1.54) is 0 Å². The van der Waals surface area contributed by atoms with Gasteiger partial charge >= 0.3 is 0 Å². The Morgan fingerprint density at radius 1 is 0.625 bits per heavy atom. The number of nitroso groups, excluding NO2 is 1. The molecule has 4 aromatic carbocycles. The summed E-state index contributed by atoms with van der Waals surface area (Å²) >= 11 is 0. The predicted octanol–water partition coefficient (Wildman–Crippen LogP) is 5.62. The number of hydrogen-bond donors (Lipinski definition) is 0. The van der Waals surface area contributed by atoms with Crippen molar-refractivity contribution in [2.24, 2.45) is 5.18 Å². The maximum atomic E-state index is 13.1. The SMILES string of the molecule is O=Nc1c(C(=O)c2cccc3ccccc23)ccc2ccccc12. The monoisotopic (exact) mass is 311 g/mol. The van der Waals surface area contributed by atoms with Gasteiger partial charge in [0.1, 0.15) is 5.69 Å². The lowest BCUT2D eigenvalue weighted by atomic mass is 9.94. The minimum absolute atomic E-state index is 0.188. The van der Waals surface area contributed by atoms with E-state index in [1.807, 2.05) is 66.7 Å². The number of benzene rings is 4. The van der Waals surface area contributed by atoms with E-state index >= 15 is 0 Å². The molecule has 4 aromatic rings. The van der Waals surface area contributed by atoms with Crippen LogP contribution >= 0.6 is 0 Å². The van der Waals surface area contributed by atoms with Gasteiger partial charge in [-0.2, -0.15) is 0 Å². The zero-order valence-corrected chi connectivity index (χ0v) is 12.8. The van der Waals surface area contributed by atoms with Crippen LogP contribution in [0.4, 0.5) is 5.69 Å². The van der Waals surface area contributed by atoms with E-state index in [0.29, 0.717) is 16.5 Å². The quantitative estimate of drug-likeness (QED) is 0.364. The highest BCUT2D eigenvalue weighted by Crippen LogP contribution is 2.32. The molecule has 0 fully saturated rings. The molecule has 0 aliphatic rings. The zero-order chi connectivity index (χ0) is 16.5. The largest absolute Gasteiger partial charge is 0.289 e. The first-order valence-electron chi connectivity index (χ1n) is 7.67. The van der Waals surface area contributed by atoms with Crippen LogP contribution in [0.25, 0.3) is 21.5 Å². The maximum Gasteiger partial charge on any atom is 0.195 e. The van der Waals surface area contributed by atoms with Crippen LogP contribution in [0.1, 0.15) is 15.9 Å². The molecule has 0 saturated heterocycles. The van der Waals surface area contributed by atoms with Crippen LogP contribution in [0.3, 0.4) is 0 Å². The molecular formula is C21H13NO2. The highest BCUT2D eigenvalue weighted by atomic mass is 16.3. The second kappa shape index (κ2) is 5.70. The highest BCUT2D eigenvalue weighted by Gasteiger charge is 2.18. The number of carbonyl (C=O) groups is 1. The van der Waals surface area contributed by atoms with Gasteiger partial charge < -0.3 is 0 Å². The van der Waals surface area contributed by atoms with Gasteiger partial charge in [0.2, 0.25) is 0 Å². The van der Waals surface area contributed by atoms with E-state index < -0.39 is 0 Å². The van der Waals surface area contributed by atoms with Crippen molar-refractivity contribution in [2.45, 2.75) is 0 Å². The van der Waals surface area contributed by atoms with Crippen LogP contribution in [0.2, 0.25) is 0 Å². The molecule has 0 heterocycles. The first-order valence-corrected chi connectivity index (χ1v) is 7.67. The molecule has 3 nitrogen and oxygen atoms in total. The Morgan fingerprint density at radius 2 is 1.25 bits per heavy atom. The fraction of sp³-hybridized carbons (Fsp3) is 0. The van der Waals surface area contributed by atoms with Crippen LogP contribution < -0.4 is 0 Å². The average molecular weight is 311 g/mol. The lowest BCUT2D eigenvalue weighted by Gasteiger charge is -2.09. The van der Waals surface area contributed by atoms with E-state index in [0.717, 1.165) is 16.2 Å². The Morgan fingerprint density at radius 3 is 2.00 bits per heavy atom. The topological polar surface area (TPSA) is 46.5 Å². The molecule has 4 rings (SSSR count). The molecule has 0 bridgehead atoms. The maximum absolute atomic E-state index is 13.1. The van der Waals surface area contributed by atoms with Crippen LogP contribution in [-0.4, -0.2) is 5.78 Å². The fourth-order valence-corrected chi connectivity index (χ4v) is 3.11. The third-order valence-corrected chi connectivity index (χ3v) is 4.27. The van der Waals surface area contributed by atoms with Gasteiger partial charge in [-0.25, -0.2) is 0 Å². The Hall–Kier alpha value is -3.33. The highest BCUT2D eigenvalue weighted by molar-refractivity contribution is 6.20. The molecule has 114 valence electrons. The summed E-state index contributed by atoms with van der Waals surface area (Å²) in [7, 11) is 0. The molecule has 0 saturated carbocycles. The lowest BCUT2D eigenvalue weighted by Crippen LogP contribution is -2.03. The van der Waals surface area contributed by atoms with E-state index in [4.69, 9.17) is 0 Å². The van der Waals surface area contributed by atoms with Crippen molar-refractivity contribution in [1.29, 1.82) is 0 Å². The van der Waals surface area contributed by atoms with Crippen LogP contribution in [0.5, 0.6) is 0 Å². The zero-order valence-electron chi connectivity index (χ0n) is 12.8. The van der Waals surface area contributed by atoms with E-state index in [2.05, 4.69) is 5.18 Å². The second-order valence-corrected chi connectivity index (χ2v) is 5.63. The van der Waals surface area contributed by atoms with Crippen molar-refractivity contribution in [3.8, 4) is 0 Å². The van der Waals surface area contributed by atoms with Gasteiger partial charge in [0.25, 0.3) is 0 Å². The second-order valence-electron chi connectivity index (χ2n) is 5.63. The van der Waals surface area contributed by atoms with Crippen LogP contribution in [0.15, 0.2) is 84.0 Å². The number of hydrogen-bond acceptors (Lipinski definition) is 3. The van der Waals surface area contributed by atoms with Gasteiger partial charge in [0.15, 0.2) is 5.78 Å². The van der Waals surface area contributed by atoms with E-state index in [-0.39, 0.29) is 11.5 Å². The van der Waals surface area contributed by atoms with E-state index in [1.54, 1.807) is 12.1 Å². The molecule has 0 atom stereocenters. The molecule has 0 radical (unpaired) electrons.